The molecule has 2 fully saturated rings. The second-order valence-corrected chi connectivity index (χ2v) is 7.19. The summed E-state index contributed by atoms with van der Waals surface area (Å²) in [6, 6.07) is -0.0156. The third-order valence-corrected chi connectivity index (χ3v) is 5.88. The first-order valence-corrected chi connectivity index (χ1v) is 7.28. The molecule has 0 unspecified atom stereocenters. The van der Waals surface area contributed by atoms with Crippen molar-refractivity contribution in [1.29, 1.82) is 0 Å². The molecule has 2 rings (SSSR count). The minimum absolute atomic E-state index is 0.0156. The average molecular weight is 248 g/mol. The van der Waals surface area contributed by atoms with Crippen LogP contribution in [0.15, 0.2) is 4.99 Å². The molecule has 0 spiro atoms. The summed E-state index contributed by atoms with van der Waals surface area (Å²) in [5.41, 5.74) is 0. The van der Waals surface area contributed by atoms with Crippen LogP contribution in [0.5, 0.6) is 0 Å². The van der Waals surface area contributed by atoms with Crippen LogP contribution in [0.25, 0.3) is 0 Å². The number of rotatable bonds is 0. The van der Waals surface area contributed by atoms with Crippen molar-refractivity contribution in [2.75, 3.05) is 18.6 Å². The fraction of sp³-hybridized carbons (Fsp3) is 0.750. The number of carbonyl (C=O) groups excluding carboxylic acids is 1. The van der Waals surface area contributed by atoms with E-state index in [0.717, 1.165) is 0 Å². The van der Waals surface area contributed by atoms with Gasteiger partial charge in [-0.05, 0) is 0 Å². The fourth-order valence-electron chi connectivity index (χ4n) is 1.87. The maximum Gasteiger partial charge on any atom is 0.244 e. The molecule has 5 nitrogen and oxygen atoms in total. The molecule has 0 N–H and O–H groups in total. The van der Waals surface area contributed by atoms with Crippen molar-refractivity contribution in [3.8, 4) is 0 Å². The largest absolute Gasteiger partial charge is 0.349 e. The molecule has 0 bridgehead atoms. The molecule has 0 saturated carbocycles. The second kappa shape index (κ2) is 3.48. The van der Waals surface area contributed by atoms with E-state index in [9.17, 15) is 13.2 Å². The minimum Gasteiger partial charge on any atom is -0.349 e. The number of fused-ring (bicyclic) bond motifs is 1. The predicted octanol–water partition coefficient (Wildman–Crippen LogP) is -0.267. The quantitative estimate of drug-likeness (QED) is 0.590. The van der Waals surface area contributed by atoms with E-state index in [-0.39, 0.29) is 28.7 Å². The SMILES string of the molecule is CC(=O)N=C1S[C@H]2CS(=O)(=O)C[C@H]2N1C. The summed E-state index contributed by atoms with van der Waals surface area (Å²) in [6.07, 6.45) is 0. The zero-order valence-corrected chi connectivity index (χ0v) is 10.1. The Kier molecular flexibility index (Phi) is 2.54. The Labute approximate surface area is 92.8 Å². The molecule has 84 valence electrons. The van der Waals surface area contributed by atoms with Gasteiger partial charge in [0.25, 0.3) is 0 Å². The molecule has 0 radical (unpaired) electrons. The van der Waals surface area contributed by atoms with E-state index < -0.39 is 9.84 Å². The highest BCUT2D eigenvalue weighted by Crippen LogP contribution is 2.36. The Bertz CT molecular complexity index is 429. The molecule has 0 aromatic rings. The van der Waals surface area contributed by atoms with Gasteiger partial charge in [0.2, 0.25) is 5.91 Å². The standard InChI is InChI=1S/C8H12N2O3S2/c1-5(11)9-8-10(2)6-3-15(12,13)4-7(6)14-8/h6-7H,3-4H2,1-2H3/t6-,7+/m1/s1. The van der Waals surface area contributed by atoms with Crippen molar-refractivity contribution in [2.24, 2.45) is 4.99 Å². The molecule has 2 aliphatic heterocycles. The van der Waals surface area contributed by atoms with Crippen LogP contribution in [0.1, 0.15) is 6.92 Å². The summed E-state index contributed by atoms with van der Waals surface area (Å²) < 4.78 is 22.7. The number of aliphatic imine (C=N–C) groups is 1. The third kappa shape index (κ3) is 2.03. The van der Waals surface area contributed by atoms with Crippen molar-refractivity contribution in [1.82, 2.24) is 4.90 Å². The summed E-state index contributed by atoms with van der Waals surface area (Å²) in [4.78, 5) is 16.5. The van der Waals surface area contributed by atoms with Gasteiger partial charge in [0, 0.05) is 19.2 Å². The summed E-state index contributed by atoms with van der Waals surface area (Å²) in [6.45, 7) is 1.40. The van der Waals surface area contributed by atoms with E-state index in [1.165, 1.54) is 18.7 Å². The van der Waals surface area contributed by atoms with Gasteiger partial charge in [0.15, 0.2) is 15.0 Å². The van der Waals surface area contributed by atoms with Crippen molar-refractivity contribution in [3.63, 3.8) is 0 Å². The molecule has 2 heterocycles. The molecule has 0 aromatic carbocycles. The Balaban J connectivity index is 2.22. The van der Waals surface area contributed by atoms with E-state index >= 15 is 0 Å². The first-order valence-electron chi connectivity index (χ1n) is 4.58. The first-order chi connectivity index (χ1) is 6.89. The van der Waals surface area contributed by atoms with Crippen LogP contribution in [0.3, 0.4) is 0 Å². The Morgan fingerprint density at radius 3 is 2.73 bits per heavy atom. The lowest BCUT2D eigenvalue weighted by molar-refractivity contribution is -0.115. The molecular formula is C8H12N2O3S2. The number of thioether (sulfide) groups is 1. The maximum atomic E-state index is 11.4. The van der Waals surface area contributed by atoms with Gasteiger partial charge in [-0.2, -0.15) is 4.99 Å². The van der Waals surface area contributed by atoms with Crippen LogP contribution >= 0.6 is 11.8 Å². The lowest BCUT2D eigenvalue weighted by atomic mass is 10.2. The number of carbonyl (C=O) groups is 1. The van der Waals surface area contributed by atoms with Crippen molar-refractivity contribution < 1.29 is 13.2 Å². The number of sulfone groups is 1. The molecule has 2 saturated heterocycles. The Morgan fingerprint density at radius 1 is 1.53 bits per heavy atom. The lowest BCUT2D eigenvalue weighted by Crippen LogP contribution is -2.33. The molecule has 7 heteroatoms. The summed E-state index contributed by atoms with van der Waals surface area (Å²) in [5, 5.41) is 0.686. The van der Waals surface area contributed by atoms with Gasteiger partial charge in [-0.25, -0.2) is 8.42 Å². The van der Waals surface area contributed by atoms with Crippen LogP contribution in [0, 0.1) is 0 Å². The highest BCUT2D eigenvalue weighted by Gasteiger charge is 2.47. The summed E-state index contributed by atoms with van der Waals surface area (Å²) in [7, 11) is -1.10. The van der Waals surface area contributed by atoms with Crippen LogP contribution < -0.4 is 0 Å². The maximum absolute atomic E-state index is 11.4. The zero-order valence-electron chi connectivity index (χ0n) is 8.50. The number of amidine groups is 1. The van der Waals surface area contributed by atoms with Gasteiger partial charge in [-0.1, -0.05) is 11.8 Å². The average Bonchev–Trinajstić information content (AvgIpc) is 2.48. The normalized spacial score (nSPS) is 35.9. The van der Waals surface area contributed by atoms with Gasteiger partial charge in [-0.3, -0.25) is 4.79 Å². The third-order valence-electron chi connectivity index (χ3n) is 2.58. The van der Waals surface area contributed by atoms with Gasteiger partial charge in [-0.15, -0.1) is 0 Å². The molecular weight excluding hydrogens is 236 g/mol. The van der Waals surface area contributed by atoms with Crippen molar-refractivity contribution in [3.05, 3.63) is 0 Å². The van der Waals surface area contributed by atoms with E-state index in [1.807, 2.05) is 0 Å². The van der Waals surface area contributed by atoms with Crippen LogP contribution in [-0.2, 0) is 14.6 Å². The zero-order chi connectivity index (χ0) is 11.2. The lowest BCUT2D eigenvalue weighted by Gasteiger charge is -2.17. The van der Waals surface area contributed by atoms with Gasteiger partial charge >= 0.3 is 0 Å². The predicted molar refractivity (Wildman–Crippen MR) is 59.7 cm³/mol. The van der Waals surface area contributed by atoms with E-state index in [0.29, 0.717) is 5.17 Å². The number of nitrogens with zero attached hydrogens (tertiary/aromatic N) is 2. The van der Waals surface area contributed by atoms with Crippen molar-refractivity contribution >= 4 is 32.7 Å². The molecule has 0 aliphatic carbocycles. The monoisotopic (exact) mass is 248 g/mol. The molecule has 0 aromatic heterocycles. The van der Waals surface area contributed by atoms with E-state index in [4.69, 9.17) is 0 Å². The number of hydrogen-bond donors (Lipinski definition) is 0. The molecule has 1 amide bonds. The molecule has 2 aliphatic rings. The number of hydrogen-bond acceptors (Lipinski definition) is 4. The van der Waals surface area contributed by atoms with Crippen LogP contribution in [-0.4, -0.2) is 54.2 Å². The topological polar surface area (TPSA) is 66.8 Å². The highest BCUT2D eigenvalue weighted by molar-refractivity contribution is 8.15. The van der Waals surface area contributed by atoms with Crippen molar-refractivity contribution in [2.45, 2.75) is 18.2 Å². The Morgan fingerprint density at radius 2 is 2.20 bits per heavy atom. The van der Waals surface area contributed by atoms with Crippen LogP contribution in [0.4, 0.5) is 0 Å². The van der Waals surface area contributed by atoms with Gasteiger partial charge in [0.1, 0.15) is 0 Å². The smallest absolute Gasteiger partial charge is 0.244 e. The number of amides is 1. The van der Waals surface area contributed by atoms with E-state index in [1.54, 1.807) is 11.9 Å². The van der Waals surface area contributed by atoms with Gasteiger partial charge < -0.3 is 4.90 Å². The summed E-state index contributed by atoms with van der Waals surface area (Å²) >= 11 is 1.40. The second-order valence-electron chi connectivity index (χ2n) is 3.82. The van der Waals surface area contributed by atoms with E-state index in [2.05, 4.69) is 4.99 Å². The summed E-state index contributed by atoms with van der Waals surface area (Å²) in [5.74, 6) is 0.133. The van der Waals surface area contributed by atoms with Crippen LogP contribution in [0.2, 0.25) is 0 Å². The van der Waals surface area contributed by atoms with Gasteiger partial charge in [0.05, 0.1) is 17.5 Å². The minimum atomic E-state index is -2.89. The highest BCUT2D eigenvalue weighted by atomic mass is 32.2. The molecule has 2 atom stereocenters. The first kappa shape index (κ1) is 10.9. The fourth-order valence-corrected chi connectivity index (χ4v) is 5.91. The Hall–Kier alpha value is -0.560. The molecule has 15 heavy (non-hydrogen) atoms.